The summed E-state index contributed by atoms with van der Waals surface area (Å²) in [4.78, 5) is 0.511. The van der Waals surface area contributed by atoms with Crippen LogP contribution in [-0.2, 0) is 20.0 Å². The van der Waals surface area contributed by atoms with Gasteiger partial charge in [-0.05, 0) is 69.6 Å². The number of sulfonamides is 2. The summed E-state index contributed by atoms with van der Waals surface area (Å²) in [5.41, 5.74) is 1.82. The van der Waals surface area contributed by atoms with Gasteiger partial charge in [0.2, 0.25) is 20.0 Å². The molecule has 0 radical (unpaired) electrons. The van der Waals surface area contributed by atoms with Crippen LogP contribution in [0.2, 0.25) is 0 Å². The molecule has 1 spiro atoms. The van der Waals surface area contributed by atoms with Gasteiger partial charge in [-0.25, -0.2) is 16.8 Å². The number of hydrogen-bond donors (Lipinski definition) is 0. The van der Waals surface area contributed by atoms with Crippen LogP contribution in [-0.4, -0.2) is 56.8 Å². The van der Waals surface area contributed by atoms with Crippen molar-refractivity contribution in [3.8, 4) is 0 Å². The third-order valence-corrected chi connectivity index (χ3v) is 10.8. The molecular weight excluding hydrogens is 438 g/mol. The molecule has 8 nitrogen and oxygen atoms in total. The van der Waals surface area contributed by atoms with E-state index in [-0.39, 0.29) is 10.3 Å². The highest BCUT2D eigenvalue weighted by atomic mass is 32.2. The van der Waals surface area contributed by atoms with Gasteiger partial charge in [-0.3, -0.25) is 0 Å². The van der Waals surface area contributed by atoms with E-state index in [0.29, 0.717) is 55.4 Å². The highest BCUT2D eigenvalue weighted by Crippen LogP contribution is 2.43. The molecule has 0 saturated carbocycles. The summed E-state index contributed by atoms with van der Waals surface area (Å²) in [5.74, 6) is 0.299. The number of piperidine rings is 1. The quantitative estimate of drug-likeness (QED) is 0.685. The van der Waals surface area contributed by atoms with Crippen LogP contribution in [0, 0.1) is 33.1 Å². The molecule has 170 valence electrons. The lowest BCUT2D eigenvalue weighted by molar-refractivity contribution is 0.167. The van der Waals surface area contributed by atoms with Gasteiger partial charge in [0.25, 0.3) is 0 Å². The molecule has 3 heterocycles. The predicted molar refractivity (Wildman–Crippen MR) is 116 cm³/mol. The molecule has 0 unspecified atom stereocenters. The van der Waals surface area contributed by atoms with Crippen molar-refractivity contribution in [2.24, 2.45) is 5.41 Å². The maximum absolute atomic E-state index is 13.2. The standard InChI is InChI=1S/C21H29N3O5S2/c1-15-5-6-16(2)19(13-15)30(25,26)23-10-7-21(8-11-23)9-12-24(14-21)31(27,28)20-17(3)22-29-18(20)4/h5-6,13H,7-12,14H2,1-4H3. The van der Waals surface area contributed by atoms with E-state index >= 15 is 0 Å². The van der Waals surface area contributed by atoms with Gasteiger partial charge in [-0.15, -0.1) is 0 Å². The third-order valence-electron chi connectivity index (χ3n) is 6.71. The van der Waals surface area contributed by atoms with Crippen molar-refractivity contribution in [2.75, 3.05) is 26.2 Å². The Labute approximate surface area is 184 Å². The summed E-state index contributed by atoms with van der Waals surface area (Å²) in [7, 11) is -7.25. The first-order valence-corrected chi connectivity index (χ1v) is 13.3. The Morgan fingerprint density at radius 1 is 0.903 bits per heavy atom. The minimum atomic E-state index is -3.68. The van der Waals surface area contributed by atoms with Crippen LogP contribution in [0.4, 0.5) is 0 Å². The normalized spacial score (nSPS) is 20.5. The van der Waals surface area contributed by atoms with Crippen LogP contribution in [0.3, 0.4) is 0 Å². The summed E-state index contributed by atoms with van der Waals surface area (Å²) in [6.07, 6.45) is 2.02. The van der Waals surface area contributed by atoms with Crippen molar-refractivity contribution in [2.45, 2.75) is 56.7 Å². The lowest BCUT2D eigenvalue weighted by atomic mass is 9.78. The van der Waals surface area contributed by atoms with E-state index in [1.165, 1.54) is 4.31 Å². The van der Waals surface area contributed by atoms with Gasteiger partial charge in [-0.2, -0.15) is 8.61 Å². The molecule has 1 aromatic carbocycles. The van der Waals surface area contributed by atoms with E-state index < -0.39 is 20.0 Å². The second-order valence-electron chi connectivity index (χ2n) is 8.91. The van der Waals surface area contributed by atoms with Crippen LogP contribution < -0.4 is 0 Å². The van der Waals surface area contributed by atoms with Gasteiger partial charge in [0.15, 0.2) is 5.76 Å². The van der Waals surface area contributed by atoms with E-state index in [2.05, 4.69) is 5.16 Å². The number of aromatic nitrogens is 1. The Kier molecular flexibility index (Phi) is 5.56. The SMILES string of the molecule is Cc1ccc(C)c(S(=O)(=O)N2CCC3(CC2)CCN(S(=O)(=O)c2c(C)noc2C)C3)c1. The third kappa shape index (κ3) is 3.83. The molecule has 31 heavy (non-hydrogen) atoms. The first-order valence-electron chi connectivity index (χ1n) is 10.5. The minimum Gasteiger partial charge on any atom is -0.360 e. The zero-order valence-electron chi connectivity index (χ0n) is 18.4. The van der Waals surface area contributed by atoms with Crippen LogP contribution >= 0.6 is 0 Å². The molecule has 0 bridgehead atoms. The highest BCUT2D eigenvalue weighted by molar-refractivity contribution is 7.89. The van der Waals surface area contributed by atoms with Crippen molar-refractivity contribution in [3.05, 3.63) is 40.8 Å². The zero-order valence-corrected chi connectivity index (χ0v) is 20.0. The average molecular weight is 468 g/mol. The van der Waals surface area contributed by atoms with E-state index in [9.17, 15) is 16.8 Å². The summed E-state index contributed by atoms with van der Waals surface area (Å²) in [6, 6.07) is 5.47. The molecule has 0 aliphatic carbocycles. The van der Waals surface area contributed by atoms with Gasteiger partial charge < -0.3 is 4.52 Å². The van der Waals surface area contributed by atoms with Crippen molar-refractivity contribution in [1.82, 2.24) is 13.8 Å². The van der Waals surface area contributed by atoms with Crippen LogP contribution in [0.15, 0.2) is 32.5 Å². The number of aryl methyl sites for hydroxylation is 4. The Morgan fingerprint density at radius 3 is 2.10 bits per heavy atom. The molecule has 2 saturated heterocycles. The fraction of sp³-hybridized carbons (Fsp3) is 0.571. The van der Waals surface area contributed by atoms with E-state index in [1.807, 2.05) is 26.0 Å². The molecule has 2 aromatic rings. The molecule has 0 atom stereocenters. The second kappa shape index (κ2) is 7.68. The Morgan fingerprint density at radius 2 is 1.52 bits per heavy atom. The molecule has 4 rings (SSSR count). The van der Waals surface area contributed by atoms with Gasteiger partial charge in [-0.1, -0.05) is 17.3 Å². The number of benzene rings is 1. The predicted octanol–water partition coefficient (Wildman–Crippen LogP) is 2.77. The van der Waals surface area contributed by atoms with Crippen molar-refractivity contribution in [3.63, 3.8) is 0 Å². The van der Waals surface area contributed by atoms with Crippen LogP contribution in [0.1, 0.15) is 41.8 Å². The second-order valence-corrected chi connectivity index (χ2v) is 12.7. The molecule has 0 amide bonds. The first kappa shape index (κ1) is 22.4. The fourth-order valence-corrected chi connectivity index (χ4v) is 8.40. The van der Waals surface area contributed by atoms with Crippen LogP contribution in [0.25, 0.3) is 0 Å². The number of rotatable bonds is 4. The fourth-order valence-electron chi connectivity index (χ4n) is 4.80. The lowest BCUT2D eigenvalue weighted by Gasteiger charge is -2.38. The molecule has 10 heteroatoms. The maximum Gasteiger partial charge on any atom is 0.248 e. The minimum absolute atomic E-state index is 0.152. The van der Waals surface area contributed by atoms with Crippen LogP contribution in [0.5, 0.6) is 0 Å². The Bertz CT molecular complexity index is 1190. The number of nitrogens with zero attached hydrogens (tertiary/aromatic N) is 3. The lowest BCUT2D eigenvalue weighted by Crippen LogP contribution is -2.44. The Balaban J connectivity index is 1.50. The van der Waals surface area contributed by atoms with Gasteiger partial charge in [0.1, 0.15) is 10.6 Å². The number of hydrogen-bond acceptors (Lipinski definition) is 6. The molecule has 2 aliphatic rings. The molecule has 2 fully saturated rings. The van der Waals surface area contributed by atoms with E-state index in [0.717, 1.165) is 17.5 Å². The zero-order chi connectivity index (χ0) is 22.6. The summed E-state index contributed by atoms with van der Waals surface area (Å²) >= 11 is 0. The summed E-state index contributed by atoms with van der Waals surface area (Å²) in [6.45, 7) is 8.56. The molecule has 0 N–H and O–H groups in total. The van der Waals surface area contributed by atoms with Crippen molar-refractivity contribution in [1.29, 1.82) is 0 Å². The van der Waals surface area contributed by atoms with E-state index in [1.54, 1.807) is 24.2 Å². The summed E-state index contributed by atoms with van der Waals surface area (Å²) in [5, 5.41) is 3.78. The van der Waals surface area contributed by atoms with Crippen molar-refractivity contribution < 1.29 is 21.4 Å². The first-order chi connectivity index (χ1) is 14.5. The molecule has 1 aromatic heterocycles. The van der Waals surface area contributed by atoms with E-state index in [4.69, 9.17) is 4.52 Å². The summed E-state index contributed by atoms with van der Waals surface area (Å²) < 4.78 is 60.9. The monoisotopic (exact) mass is 467 g/mol. The van der Waals surface area contributed by atoms with Gasteiger partial charge >= 0.3 is 0 Å². The molecular formula is C21H29N3O5S2. The topological polar surface area (TPSA) is 101 Å². The largest absolute Gasteiger partial charge is 0.360 e. The Hall–Kier alpha value is -1.75. The highest BCUT2D eigenvalue weighted by Gasteiger charge is 2.47. The van der Waals surface area contributed by atoms with Gasteiger partial charge in [0.05, 0.1) is 4.90 Å². The van der Waals surface area contributed by atoms with Crippen molar-refractivity contribution >= 4 is 20.0 Å². The smallest absolute Gasteiger partial charge is 0.248 e. The van der Waals surface area contributed by atoms with Gasteiger partial charge in [0, 0.05) is 26.2 Å². The molecule has 2 aliphatic heterocycles. The average Bonchev–Trinajstić information content (AvgIpc) is 3.28. The maximum atomic E-state index is 13.2.